The maximum atomic E-state index is 10.3. The zero-order valence-corrected chi connectivity index (χ0v) is 8.67. The molecule has 0 unspecified atom stereocenters. The number of ether oxygens (including phenoxy) is 1. The second-order valence-electron chi connectivity index (χ2n) is 1.84. The molecule has 64 valence electrons. The van der Waals surface area contributed by atoms with Gasteiger partial charge in [0.15, 0.2) is 0 Å². The topological polar surface area (TPSA) is 65.2 Å². The first kappa shape index (κ1) is 9.53. The van der Waals surface area contributed by atoms with E-state index in [1.165, 1.54) is 0 Å². The first-order valence-corrected chi connectivity index (χ1v) is 4.34. The van der Waals surface area contributed by atoms with Gasteiger partial charge in [0, 0.05) is 0 Å². The first-order valence-electron chi connectivity index (χ1n) is 2.89. The molecule has 0 saturated carbocycles. The van der Waals surface area contributed by atoms with Crippen molar-refractivity contribution in [3.63, 3.8) is 0 Å². The predicted octanol–water partition coefficient (Wildman–Crippen LogP) is 1.80. The summed E-state index contributed by atoms with van der Waals surface area (Å²) in [5.74, 6) is 0.135. The third kappa shape index (κ3) is 2.49. The highest BCUT2D eigenvalue weighted by Gasteiger charge is 2.06. The summed E-state index contributed by atoms with van der Waals surface area (Å²) in [7, 11) is 0. The summed E-state index contributed by atoms with van der Waals surface area (Å²) in [6.07, 6.45) is -0.900. The minimum Gasteiger partial charge on any atom is -0.390 e. The van der Waals surface area contributed by atoms with Crippen molar-refractivity contribution < 1.29 is 9.53 Å². The summed E-state index contributed by atoms with van der Waals surface area (Å²) in [5.41, 5.74) is 4.80. The number of pyridine rings is 1. The van der Waals surface area contributed by atoms with Crippen molar-refractivity contribution in [2.24, 2.45) is 5.73 Å². The molecule has 0 radical (unpaired) electrons. The molecule has 4 nitrogen and oxygen atoms in total. The van der Waals surface area contributed by atoms with Crippen LogP contribution in [0.25, 0.3) is 0 Å². The van der Waals surface area contributed by atoms with Crippen LogP contribution in [0.1, 0.15) is 0 Å². The van der Waals surface area contributed by atoms with E-state index in [0.717, 1.165) is 0 Å². The maximum absolute atomic E-state index is 10.3. The predicted molar refractivity (Wildman–Crippen MR) is 52.2 cm³/mol. The Kier molecular flexibility index (Phi) is 3.10. The van der Waals surface area contributed by atoms with E-state index < -0.39 is 6.09 Å². The van der Waals surface area contributed by atoms with Crippen molar-refractivity contribution in [3.05, 3.63) is 20.9 Å². The van der Waals surface area contributed by atoms with Crippen molar-refractivity contribution in [2.75, 3.05) is 0 Å². The van der Waals surface area contributed by atoms with E-state index in [-0.39, 0.29) is 11.0 Å². The lowest BCUT2D eigenvalue weighted by molar-refractivity contribution is 0.208. The molecule has 0 bridgehead atoms. The van der Waals surface area contributed by atoms with Crippen LogP contribution in [0.5, 0.6) is 5.88 Å². The number of nitrogens with zero attached hydrogens (tertiary/aromatic N) is 1. The number of aromatic nitrogens is 1. The van der Waals surface area contributed by atoms with Crippen molar-refractivity contribution in [1.29, 1.82) is 0 Å². The van der Waals surface area contributed by atoms with Crippen LogP contribution < -0.4 is 10.5 Å². The number of carbonyl (C=O) groups excluding carboxylic acids is 1. The molecule has 1 heterocycles. The molecule has 0 fully saturated rings. The number of hydrogen-bond acceptors (Lipinski definition) is 3. The second-order valence-corrected chi connectivity index (χ2v) is 3.39. The molecule has 0 atom stereocenters. The normalized spacial score (nSPS) is 9.50. The number of carbonyl (C=O) groups is 1. The molecule has 1 amide bonds. The highest BCUT2D eigenvalue weighted by Crippen LogP contribution is 2.20. The number of nitrogens with two attached hydrogens (primary N) is 1. The van der Waals surface area contributed by atoms with Gasteiger partial charge in [-0.15, -0.1) is 0 Å². The van der Waals surface area contributed by atoms with Gasteiger partial charge in [0.25, 0.3) is 0 Å². The van der Waals surface area contributed by atoms with E-state index in [2.05, 4.69) is 9.72 Å². The van der Waals surface area contributed by atoms with Crippen LogP contribution in [0.3, 0.4) is 0 Å². The van der Waals surface area contributed by atoms with E-state index in [9.17, 15) is 4.79 Å². The van der Waals surface area contributed by atoms with Gasteiger partial charge in [-0.25, -0.2) is 9.78 Å². The third-order valence-electron chi connectivity index (χ3n) is 0.977. The van der Waals surface area contributed by atoms with E-state index in [1.807, 2.05) is 22.6 Å². The van der Waals surface area contributed by atoms with E-state index >= 15 is 0 Å². The molecule has 6 heteroatoms. The highest BCUT2D eigenvalue weighted by atomic mass is 127. The molecule has 0 aliphatic heterocycles. The average Bonchev–Trinajstić information content (AvgIpc) is 1.96. The van der Waals surface area contributed by atoms with Crippen molar-refractivity contribution >= 4 is 40.3 Å². The summed E-state index contributed by atoms with van der Waals surface area (Å²) in [5, 5.41) is 0.256. The molecule has 1 aromatic heterocycles. The van der Waals surface area contributed by atoms with E-state index in [4.69, 9.17) is 17.3 Å². The Morgan fingerprint density at radius 1 is 1.67 bits per heavy atom. The maximum Gasteiger partial charge on any atom is 0.411 e. The number of halogens is 2. The first-order chi connectivity index (χ1) is 5.59. The van der Waals surface area contributed by atoms with Crippen LogP contribution in [0.2, 0.25) is 5.15 Å². The summed E-state index contributed by atoms with van der Waals surface area (Å²) in [6, 6.07) is 3.27. The molecule has 1 rings (SSSR count). The summed E-state index contributed by atoms with van der Waals surface area (Å²) >= 11 is 7.51. The molecular weight excluding hydrogens is 294 g/mol. The van der Waals surface area contributed by atoms with Gasteiger partial charge in [-0.1, -0.05) is 11.6 Å². The molecule has 2 N–H and O–H groups in total. The van der Waals surface area contributed by atoms with Gasteiger partial charge in [0.1, 0.15) is 5.15 Å². The second kappa shape index (κ2) is 3.90. The number of hydrogen-bond donors (Lipinski definition) is 1. The lowest BCUT2D eigenvalue weighted by Gasteiger charge is -2.01. The zero-order chi connectivity index (χ0) is 9.14. The fraction of sp³-hybridized carbons (Fsp3) is 0. The van der Waals surface area contributed by atoms with Crippen LogP contribution in [-0.2, 0) is 0 Å². The van der Waals surface area contributed by atoms with Gasteiger partial charge in [-0.2, -0.15) is 0 Å². The van der Waals surface area contributed by atoms with Gasteiger partial charge in [-0.05, 0) is 34.7 Å². The van der Waals surface area contributed by atoms with Crippen LogP contribution in [0, 0.1) is 3.57 Å². The molecule has 12 heavy (non-hydrogen) atoms. The Morgan fingerprint density at radius 3 is 2.92 bits per heavy atom. The van der Waals surface area contributed by atoms with Crippen molar-refractivity contribution in [3.8, 4) is 5.88 Å². The van der Waals surface area contributed by atoms with Crippen molar-refractivity contribution in [2.45, 2.75) is 0 Å². The molecule has 1 aromatic rings. The lowest BCUT2D eigenvalue weighted by atomic mass is 10.5. The zero-order valence-electron chi connectivity index (χ0n) is 5.75. The standard InChI is InChI=1S/C6H4ClIN2O2/c7-4-2-1-3(8)5(10-4)12-6(9)11/h1-2H,(H2,9,11). The molecular formula is C6H4ClIN2O2. The number of rotatable bonds is 1. The molecule has 0 saturated heterocycles. The lowest BCUT2D eigenvalue weighted by Crippen LogP contribution is -2.17. The number of amides is 1. The Hall–Kier alpha value is -0.560. The monoisotopic (exact) mass is 298 g/mol. The Balaban J connectivity index is 2.97. The SMILES string of the molecule is NC(=O)Oc1nc(Cl)ccc1I. The molecule has 0 aromatic carbocycles. The fourth-order valence-corrected chi connectivity index (χ4v) is 1.12. The van der Waals surface area contributed by atoms with Crippen LogP contribution >= 0.6 is 34.2 Å². The highest BCUT2D eigenvalue weighted by molar-refractivity contribution is 14.1. The van der Waals surface area contributed by atoms with E-state index in [0.29, 0.717) is 3.57 Å². The third-order valence-corrected chi connectivity index (χ3v) is 2.01. The van der Waals surface area contributed by atoms with Gasteiger partial charge < -0.3 is 10.5 Å². The number of primary amides is 1. The Bertz CT molecular complexity index is 318. The van der Waals surface area contributed by atoms with E-state index in [1.54, 1.807) is 12.1 Å². The fourth-order valence-electron chi connectivity index (χ4n) is 0.568. The quantitative estimate of drug-likeness (QED) is 0.635. The smallest absolute Gasteiger partial charge is 0.390 e. The van der Waals surface area contributed by atoms with Crippen molar-refractivity contribution in [1.82, 2.24) is 4.98 Å². The van der Waals surface area contributed by atoms with Crippen LogP contribution in [0.15, 0.2) is 12.1 Å². The largest absolute Gasteiger partial charge is 0.411 e. The Labute approximate surface area is 87.2 Å². The molecule has 0 aliphatic rings. The van der Waals surface area contributed by atoms with Crippen LogP contribution in [-0.4, -0.2) is 11.1 Å². The minimum atomic E-state index is -0.900. The summed E-state index contributed by atoms with van der Waals surface area (Å²) in [4.78, 5) is 14.1. The summed E-state index contributed by atoms with van der Waals surface area (Å²) < 4.78 is 5.24. The van der Waals surface area contributed by atoms with Gasteiger partial charge in [-0.3, -0.25) is 0 Å². The average molecular weight is 298 g/mol. The molecule has 0 aliphatic carbocycles. The van der Waals surface area contributed by atoms with Gasteiger partial charge >= 0.3 is 6.09 Å². The van der Waals surface area contributed by atoms with Crippen LogP contribution in [0.4, 0.5) is 4.79 Å². The summed E-state index contributed by atoms with van der Waals surface area (Å²) in [6.45, 7) is 0. The van der Waals surface area contributed by atoms with Gasteiger partial charge in [0.05, 0.1) is 3.57 Å². The van der Waals surface area contributed by atoms with Gasteiger partial charge in [0.2, 0.25) is 5.88 Å². The minimum absolute atomic E-state index is 0.135. The Morgan fingerprint density at radius 2 is 2.33 bits per heavy atom. The molecule has 0 spiro atoms.